The summed E-state index contributed by atoms with van der Waals surface area (Å²) in [5.41, 5.74) is 1.72. The molecule has 1 saturated carbocycles. The molecule has 1 aliphatic carbocycles. The van der Waals surface area contributed by atoms with Crippen LogP contribution in [0.15, 0.2) is 48.2 Å². The topological polar surface area (TPSA) is 70.7 Å². The Bertz CT molecular complexity index is 1030. The number of amides is 2. The lowest BCUT2D eigenvalue weighted by atomic mass is 9.94. The Morgan fingerprint density at radius 3 is 2.81 bits per heavy atom. The summed E-state index contributed by atoms with van der Waals surface area (Å²) in [5, 5.41) is 6.36. The van der Waals surface area contributed by atoms with E-state index in [0.717, 1.165) is 12.1 Å². The SMILES string of the molecule is CN(CCNC(=O)c1ccc2c(c1)NC(=O)C(=Cc1cccc(Cl)c1)O2)C1CCCCC1. The fraction of sp³-hybridized carbons (Fsp3) is 0.360. The van der Waals surface area contributed by atoms with E-state index in [1.807, 2.05) is 6.07 Å². The molecule has 6 nitrogen and oxygen atoms in total. The minimum Gasteiger partial charge on any atom is -0.449 e. The summed E-state index contributed by atoms with van der Waals surface area (Å²) in [4.78, 5) is 27.4. The van der Waals surface area contributed by atoms with Crippen LogP contribution in [0.5, 0.6) is 5.75 Å². The van der Waals surface area contributed by atoms with E-state index in [-0.39, 0.29) is 17.6 Å². The molecule has 1 fully saturated rings. The van der Waals surface area contributed by atoms with Gasteiger partial charge in [0.1, 0.15) is 0 Å². The number of likely N-dealkylation sites (N-methyl/N-ethyl adjacent to an activating group) is 1. The average Bonchev–Trinajstić information content (AvgIpc) is 2.79. The Balaban J connectivity index is 1.36. The van der Waals surface area contributed by atoms with Crippen LogP contribution in [0.1, 0.15) is 48.0 Å². The molecule has 1 heterocycles. The second-order valence-electron chi connectivity index (χ2n) is 8.36. The first kappa shape index (κ1) is 22.4. The smallest absolute Gasteiger partial charge is 0.291 e. The molecule has 2 amide bonds. The molecule has 0 saturated heterocycles. The molecule has 2 aromatic rings. The van der Waals surface area contributed by atoms with E-state index in [2.05, 4.69) is 22.6 Å². The van der Waals surface area contributed by atoms with Crippen LogP contribution in [-0.2, 0) is 4.79 Å². The first-order valence-corrected chi connectivity index (χ1v) is 11.5. The summed E-state index contributed by atoms with van der Waals surface area (Å²) >= 11 is 6.01. The van der Waals surface area contributed by atoms with Crippen LogP contribution in [-0.4, -0.2) is 42.9 Å². The van der Waals surface area contributed by atoms with Gasteiger partial charge in [-0.2, -0.15) is 0 Å². The molecule has 0 aromatic heterocycles. The molecule has 1 aliphatic heterocycles. The zero-order valence-corrected chi connectivity index (χ0v) is 19.0. The Morgan fingerprint density at radius 1 is 1.22 bits per heavy atom. The van der Waals surface area contributed by atoms with Gasteiger partial charge >= 0.3 is 0 Å². The van der Waals surface area contributed by atoms with Crippen molar-refractivity contribution in [3.63, 3.8) is 0 Å². The van der Waals surface area contributed by atoms with Crippen LogP contribution in [0.3, 0.4) is 0 Å². The second-order valence-corrected chi connectivity index (χ2v) is 8.80. The van der Waals surface area contributed by atoms with Gasteiger partial charge in [-0.15, -0.1) is 0 Å². The zero-order chi connectivity index (χ0) is 22.5. The van der Waals surface area contributed by atoms with Crippen molar-refractivity contribution >= 4 is 35.2 Å². The van der Waals surface area contributed by atoms with E-state index in [1.165, 1.54) is 32.1 Å². The molecule has 0 bridgehead atoms. The highest BCUT2D eigenvalue weighted by Gasteiger charge is 2.23. The van der Waals surface area contributed by atoms with Gasteiger partial charge in [0.15, 0.2) is 11.5 Å². The minimum atomic E-state index is -0.371. The van der Waals surface area contributed by atoms with E-state index in [4.69, 9.17) is 16.3 Å². The fourth-order valence-electron chi connectivity index (χ4n) is 4.20. The Morgan fingerprint density at radius 2 is 2.03 bits per heavy atom. The molecule has 2 aromatic carbocycles. The van der Waals surface area contributed by atoms with E-state index >= 15 is 0 Å². The number of carbonyl (C=O) groups is 2. The molecular formula is C25H28ClN3O3. The van der Waals surface area contributed by atoms with Gasteiger partial charge < -0.3 is 20.3 Å². The van der Waals surface area contributed by atoms with Crippen molar-refractivity contribution in [3.8, 4) is 5.75 Å². The van der Waals surface area contributed by atoms with Gasteiger partial charge in [-0.1, -0.05) is 43.0 Å². The summed E-state index contributed by atoms with van der Waals surface area (Å²) < 4.78 is 5.77. The summed E-state index contributed by atoms with van der Waals surface area (Å²) in [6.45, 7) is 1.40. The summed E-state index contributed by atoms with van der Waals surface area (Å²) in [5.74, 6) is 0.123. The number of nitrogens with zero attached hydrogens (tertiary/aromatic N) is 1. The lowest BCUT2D eigenvalue weighted by Crippen LogP contribution is -2.39. The number of halogens is 1. The van der Waals surface area contributed by atoms with Gasteiger partial charge in [-0.25, -0.2) is 0 Å². The average molecular weight is 454 g/mol. The van der Waals surface area contributed by atoms with Gasteiger partial charge in [-0.05, 0) is 61.9 Å². The quantitative estimate of drug-likeness (QED) is 0.621. The van der Waals surface area contributed by atoms with Gasteiger partial charge in [0.25, 0.3) is 11.8 Å². The maximum atomic E-state index is 12.6. The number of carbonyl (C=O) groups excluding carboxylic acids is 2. The van der Waals surface area contributed by atoms with Crippen LogP contribution >= 0.6 is 11.6 Å². The normalized spacial score (nSPS) is 17.6. The summed E-state index contributed by atoms with van der Waals surface area (Å²) in [7, 11) is 2.13. The Hall–Kier alpha value is -2.83. The standard InChI is InChI=1S/C25H28ClN3O3/c1-29(20-8-3-2-4-9-20)13-12-27-24(30)18-10-11-22-21(16-18)28-25(31)23(32-22)15-17-6-5-7-19(26)14-17/h5-7,10-11,14-16,20H,2-4,8-9,12-13H2,1H3,(H,27,30)(H,28,31). The largest absolute Gasteiger partial charge is 0.449 e. The molecule has 2 N–H and O–H groups in total. The third-order valence-electron chi connectivity index (χ3n) is 6.03. The molecule has 168 valence electrons. The fourth-order valence-corrected chi connectivity index (χ4v) is 4.40. The number of ether oxygens (including phenoxy) is 1. The van der Waals surface area contributed by atoms with Crippen LogP contribution in [0.25, 0.3) is 6.08 Å². The van der Waals surface area contributed by atoms with Gasteiger partial charge in [0.2, 0.25) is 0 Å². The highest BCUT2D eigenvalue weighted by atomic mass is 35.5. The van der Waals surface area contributed by atoms with Crippen LogP contribution in [0.4, 0.5) is 5.69 Å². The monoisotopic (exact) mass is 453 g/mol. The molecule has 4 rings (SSSR count). The van der Waals surface area contributed by atoms with Crippen LogP contribution in [0.2, 0.25) is 5.02 Å². The Kier molecular flexibility index (Phi) is 7.12. The maximum Gasteiger partial charge on any atom is 0.291 e. The number of anilines is 1. The van der Waals surface area contributed by atoms with Gasteiger partial charge in [0, 0.05) is 29.7 Å². The number of hydrogen-bond acceptors (Lipinski definition) is 4. The van der Waals surface area contributed by atoms with Crippen molar-refractivity contribution in [2.75, 3.05) is 25.5 Å². The first-order chi connectivity index (χ1) is 15.5. The maximum absolute atomic E-state index is 12.6. The van der Waals surface area contributed by atoms with Crippen molar-refractivity contribution in [2.24, 2.45) is 0 Å². The minimum absolute atomic E-state index is 0.167. The van der Waals surface area contributed by atoms with Crippen molar-refractivity contribution in [1.29, 1.82) is 0 Å². The van der Waals surface area contributed by atoms with E-state index in [0.29, 0.717) is 34.6 Å². The van der Waals surface area contributed by atoms with E-state index < -0.39 is 0 Å². The van der Waals surface area contributed by atoms with Crippen molar-refractivity contribution < 1.29 is 14.3 Å². The van der Waals surface area contributed by atoms with Crippen LogP contribution in [0, 0.1) is 0 Å². The van der Waals surface area contributed by atoms with Crippen molar-refractivity contribution in [1.82, 2.24) is 10.2 Å². The van der Waals surface area contributed by atoms with Gasteiger partial charge in [0.05, 0.1) is 5.69 Å². The lowest BCUT2D eigenvalue weighted by molar-refractivity contribution is -0.115. The predicted molar refractivity (Wildman–Crippen MR) is 127 cm³/mol. The second kappa shape index (κ2) is 10.2. The Labute approximate surface area is 193 Å². The number of benzene rings is 2. The van der Waals surface area contributed by atoms with Crippen LogP contribution < -0.4 is 15.4 Å². The highest BCUT2D eigenvalue weighted by molar-refractivity contribution is 6.30. The molecule has 0 spiro atoms. The summed E-state index contributed by atoms with van der Waals surface area (Å²) in [6.07, 6.45) is 8.02. The molecule has 2 aliphatic rings. The molecule has 32 heavy (non-hydrogen) atoms. The predicted octanol–water partition coefficient (Wildman–Crippen LogP) is 4.71. The highest BCUT2D eigenvalue weighted by Crippen LogP contribution is 2.32. The molecule has 0 atom stereocenters. The third kappa shape index (κ3) is 5.50. The number of fused-ring (bicyclic) bond motifs is 1. The zero-order valence-electron chi connectivity index (χ0n) is 18.2. The molecule has 0 unspecified atom stereocenters. The summed E-state index contributed by atoms with van der Waals surface area (Å²) in [6, 6.07) is 12.8. The first-order valence-electron chi connectivity index (χ1n) is 11.1. The number of hydrogen-bond donors (Lipinski definition) is 2. The lowest BCUT2D eigenvalue weighted by Gasteiger charge is -2.31. The third-order valence-corrected chi connectivity index (χ3v) is 6.26. The van der Waals surface area contributed by atoms with Crippen molar-refractivity contribution in [2.45, 2.75) is 38.1 Å². The molecule has 0 radical (unpaired) electrons. The van der Waals surface area contributed by atoms with E-state index in [1.54, 1.807) is 42.5 Å². The van der Waals surface area contributed by atoms with Gasteiger partial charge in [-0.3, -0.25) is 9.59 Å². The van der Waals surface area contributed by atoms with Crippen molar-refractivity contribution in [3.05, 3.63) is 64.4 Å². The number of nitrogens with one attached hydrogen (secondary N) is 2. The van der Waals surface area contributed by atoms with E-state index in [9.17, 15) is 9.59 Å². The number of rotatable bonds is 6. The molecule has 7 heteroatoms. The molecular weight excluding hydrogens is 426 g/mol.